The lowest BCUT2D eigenvalue weighted by molar-refractivity contribution is 0.524. The van der Waals surface area contributed by atoms with Crippen LogP contribution in [0.3, 0.4) is 0 Å². The van der Waals surface area contributed by atoms with Gasteiger partial charge in [-0.05, 0) is 13.3 Å². The van der Waals surface area contributed by atoms with Gasteiger partial charge in [0.15, 0.2) is 11.0 Å². The number of hydrogen-bond donors (Lipinski definition) is 2. The van der Waals surface area contributed by atoms with Crippen molar-refractivity contribution in [3.8, 4) is 0 Å². The van der Waals surface area contributed by atoms with Gasteiger partial charge in [-0.15, -0.1) is 10.2 Å². The smallest absolute Gasteiger partial charge is 0.247 e. The summed E-state index contributed by atoms with van der Waals surface area (Å²) >= 11 is 5.64. The molecule has 4 N–H and O–H groups in total. The van der Waals surface area contributed by atoms with Gasteiger partial charge in [0.05, 0.1) is 0 Å². The Bertz CT molecular complexity index is 379. The number of rotatable bonds is 1. The van der Waals surface area contributed by atoms with Crippen LogP contribution in [0.15, 0.2) is 0 Å². The molecule has 2 heterocycles. The summed E-state index contributed by atoms with van der Waals surface area (Å²) in [5, 5.41) is 7.73. The van der Waals surface area contributed by atoms with Gasteiger partial charge in [-0.1, -0.05) is 11.6 Å². The highest BCUT2D eigenvalue weighted by atomic mass is 35.5. The molecule has 0 aromatic carbocycles. The maximum absolute atomic E-state index is 6.00. The van der Waals surface area contributed by atoms with E-state index in [9.17, 15) is 0 Å². The van der Waals surface area contributed by atoms with E-state index in [-0.39, 0.29) is 16.5 Å². The Balaban J connectivity index is 2.21. The number of nitrogens with two attached hydrogens (primary N) is 2. The van der Waals surface area contributed by atoms with Crippen molar-refractivity contribution in [2.24, 2.45) is 5.73 Å². The van der Waals surface area contributed by atoms with Crippen LogP contribution < -0.4 is 16.4 Å². The summed E-state index contributed by atoms with van der Waals surface area (Å²) in [6, 6.07) is 0. The first-order chi connectivity index (χ1) is 6.98. The van der Waals surface area contributed by atoms with Crippen LogP contribution in [0.1, 0.15) is 13.3 Å². The van der Waals surface area contributed by atoms with Gasteiger partial charge in [0.1, 0.15) is 0 Å². The average molecular weight is 229 g/mol. The lowest BCUT2D eigenvalue weighted by Crippen LogP contribution is -2.39. The molecule has 1 aromatic heterocycles. The van der Waals surface area contributed by atoms with Gasteiger partial charge in [0.2, 0.25) is 5.95 Å². The van der Waals surface area contributed by atoms with Crippen LogP contribution >= 0.6 is 11.6 Å². The molecule has 1 aliphatic heterocycles. The van der Waals surface area contributed by atoms with Crippen LogP contribution in [0.5, 0.6) is 0 Å². The average Bonchev–Trinajstić information content (AvgIpc) is 2.51. The molecule has 1 unspecified atom stereocenters. The Labute approximate surface area is 92.6 Å². The fraction of sp³-hybridized carbons (Fsp3) is 0.625. The van der Waals surface area contributed by atoms with Crippen molar-refractivity contribution in [1.29, 1.82) is 0 Å². The Kier molecular flexibility index (Phi) is 2.40. The minimum atomic E-state index is -0.197. The monoisotopic (exact) mass is 228 g/mol. The zero-order chi connectivity index (χ0) is 11.1. The lowest BCUT2D eigenvalue weighted by Gasteiger charge is -2.19. The highest BCUT2D eigenvalue weighted by molar-refractivity contribution is 6.31. The molecule has 7 heteroatoms. The summed E-state index contributed by atoms with van der Waals surface area (Å²) in [5.41, 5.74) is 11.4. The summed E-state index contributed by atoms with van der Waals surface area (Å²) in [6.45, 7) is 3.52. The van der Waals surface area contributed by atoms with Crippen LogP contribution in [0, 0.1) is 0 Å². The second-order valence-corrected chi connectivity index (χ2v) is 4.47. The zero-order valence-electron chi connectivity index (χ0n) is 8.44. The molecule has 0 spiro atoms. The van der Waals surface area contributed by atoms with Gasteiger partial charge in [-0.25, -0.2) is 0 Å². The molecule has 1 fully saturated rings. The number of nitrogens with zero attached hydrogens (tertiary/aromatic N) is 4. The molecule has 1 aromatic rings. The van der Waals surface area contributed by atoms with E-state index in [0.717, 1.165) is 13.0 Å². The largest absolute Gasteiger partial charge is 0.381 e. The molecule has 82 valence electrons. The van der Waals surface area contributed by atoms with E-state index in [0.29, 0.717) is 12.5 Å². The van der Waals surface area contributed by atoms with Crippen LogP contribution in [-0.2, 0) is 0 Å². The summed E-state index contributed by atoms with van der Waals surface area (Å²) in [4.78, 5) is 6.02. The molecule has 0 aliphatic carbocycles. The SMILES string of the molecule is CC1(N)CCN(c2nnc(Cl)c(N)n2)C1. The van der Waals surface area contributed by atoms with Crippen LogP contribution in [-0.4, -0.2) is 33.8 Å². The van der Waals surface area contributed by atoms with Gasteiger partial charge in [-0.3, -0.25) is 0 Å². The first kappa shape index (κ1) is 10.4. The first-order valence-corrected chi connectivity index (χ1v) is 5.05. The van der Waals surface area contributed by atoms with E-state index in [1.54, 1.807) is 0 Å². The Hall–Kier alpha value is -1.14. The van der Waals surface area contributed by atoms with Crippen LogP contribution in [0.4, 0.5) is 11.8 Å². The van der Waals surface area contributed by atoms with E-state index >= 15 is 0 Å². The van der Waals surface area contributed by atoms with Gasteiger partial charge in [-0.2, -0.15) is 4.98 Å². The zero-order valence-corrected chi connectivity index (χ0v) is 9.20. The van der Waals surface area contributed by atoms with Crippen molar-refractivity contribution in [2.75, 3.05) is 23.7 Å². The van der Waals surface area contributed by atoms with E-state index in [1.807, 2.05) is 11.8 Å². The standard InChI is InChI=1S/C8H13ClN6/c1-8(11)2-3-15(4-8)7-12-6(10)5(9)13-14-7/h2-4,11H2,1H3,(H2,10,12,14). The van der Waals surface area contributed by atoms with Crippen molar-refractivity contribution in [1.82, 2.24) is 15.2 Å². The predicted molar refractivity (Wildman–Crippen MR) is 58.7 cm³/mol. The summed E-state index contributed by atoms with van der Waals surface area (Å²) in [5.74, 6) is 0.693. The predicted octanol–water partition coefficient (Wildman–Crippen LogP) is 0.0347. The molecule has 15 heavy (non-hydrogen) atoms. The summed E-state index contributed by atoms with van der Waals surface area (Å²) in [6.07, 6.45) is 0.902. The van der Waals surface area contributed by atoms with Gasteiger partial charge < -0.3 is 16.4 Å². The quantitative estimate of drug-likeness (QED) is 0.705. The molecule has 2 rings (SSSR count). The molecule has 1 atom stereocenters. The number of halogens is 1. The molecular weight excluding hydrogens is 216 g/mol. The second kappa shape index (κ2) is 3.46. The normalized spacial score (nSPS) is 25.9. The number of nitrogen functional groups attached to an aromatic ring is 1. The Morgan fingerprint density at radius 1 is 1.47 bits per heavy atom. The highest BCUT2D eigenvalue weighted by Gasteiger charge is 2.31. The van der Waals surface area contributed by atoms with Crippen molar-refractivity contribution in [2.45, 2.75) is 18.9 Å². The minimum absolute atomic E-state index is 0.133. The summed E-state index contributed by atoms with van der Waals surface area (Å²) in [7, 11) is 0. The van der Waals surface area contributed by atoms with E-state index in [2.05, 4.69) is 15.2 Å². The van der Waals surface area contributed by atoms with Gasteiger partial charge in [0.25, 0.3) is 0 Å². The van der Waals surface area contributed by atoms with E-state index < -0.39 is 0 Å². The molecule has 0 bridgehead atoms. The molecule has 6 nitrogen and oxygen atoms in total. The highest BCUT2D eigenvalue weighted by Crippen LogP contribution is 2.23. The third-order valence-corrected chi connectivity index (χ3v) is 2.72. The molecule has 0 saturated carbocycles. The lowest BCUT2D eigenvalue weighted by atomic mass is 10.0. The first-order valence-electron chi connectivity index (χ1n) is 4.67. The maximum atomic E-state index is 6.00. The number of aromatic nitrogens is 3. The van der Waals surface area contributed by atoms with Gasteiger partial charge in [0, 0.05) is 18.6 Å². The topological polar surface area (TPSA) is 94.0 Å². The Morgan fingerprint density at radius 2 is 2.20 bits per heavy atom. The van der Waals surface area contributed by atoms with E-state index in [4.69, 9.17) is 23.1 Å². The van der Waals surface area contributed by atoms with E-state index in [1.165, 1.54) is 0 Å². The third-order valence-electron chi connectivity index (χ3n) is 2.45. The van der Waals surface area contributed by atoms with Gasteiger partial charge >= 0.3 is 0 Å². The van der Waals surface area contributed by atoms with Crippen molar-refractivity contribution < 1.29 is 0 Å². The molecule has 1 saturated heterocycles. The molecule has 0 amide bonds. The van der Waals surface area contributed by atoms with Crippen molar-refractivity contribution in [3.63, 3.8) is 0 Å². The van der Waals surface area contributed by atoms with Crippen LogP contribution in [0.25, 0.3) is 0 Å². The van der Waals surface area contributed by atoms with Crippen molar-refractivity contribution in [3.05, 3.63) is 5.15 Å². The summed E-state index contributed by atoms with van der Waals surface area (Å²) < 4.78 is 0. The van der Waals surface area contributed by atoms with Crippen LogP contribution in [0.2, 0.25) is 5.15 Å². The second-order valence-electron chi connectivity index (χ2n) is 4.11. The maximum Gasteiger partial charge on any atom is 0.247 e. The molecule has 0 radical (unpaired) electrons. The number of hydrogen-bond acceptors (Lipinski definition) is 6. The minimum Gasteiger partial charge on any atom is -0.381 e. The van der Waals surface area contributed by atoms with Crippen molar-refractivity contribution >= 4 is 23.4 Å². The molecule has 1 aliphatic rings. The Morgan fingerprint density at radius 3 is 2.73 bits per heavy atom. The number of anilines is 2. The fourth-order valence-corrected chi connectivity index (χ4v) is 1.69. The molecular formula is C8H13ClN6. The fourth-order valence-electron chi connectivity index (χ4n) is 1.61. The third kappa shape index (κ3) is 2.10.